The van der Waals surface area contributed by atoms with Crippen LogP contribution in [0.4, 0.5) is 24.5 Å². The maximum absolute atomic E-state index is 12.8. The van der Waals surface area contributed by atoms with E-state index >= 15 is 0 Å². The molecule has 0 spiro atoms. The van der Waals surface area contributed by atoms with E-state index in [1.807, 2.05) is 0 Å². The first-order valence-electron chi connectivity index (χ1n) is 7.17. The van der Waals surface area contributed by atoms with E-state index < -0.39 is 17.6 Å². The topological polar surface area (TPSA) is 63.2 Å². The Bertz CT molecular complexity index is 754. The number of hydrogen-bond donors (Lipinski definition) is 2. The third kappa shape index (κ3) is 5.33. The van der Waals surface area contributed by atoms with E-state index in [9.17, 15) is 18.0 Å². The number of alkyl halides is 3. The number of amides is 1. The standard InChI is InChI=1S/C16H15ClF3N3O2/c1-25-5-4-22-12-6-10(8-21-9-12)15(24)23-14-7-11(16(18,19)20)2-3-13(14)17/h2-3,6-9,22H,4-5H2,1H3,(H,23,24). The van der Waals surface area contributed by atoms with Crippen LogP contribution in [0.5, 0.6) is 0 Å². The lowest BCUT2D eigenvalue weighted by Gasteiger charge is -2.12. The molecule has 0 aliphatic heterocycles. The molecule has 0 fully saturated rings. The Hall–Kier alpha value is -2.32. The van der Waals surface area contributed by atoms with Gasteiger partial charge < -0.3 is 15.4 Å². The van der Waals surface area contributed by atoms with E-state index in [-0.39, 0.29) is 16.3 Å². The second kappa shape index (κ2) is 8.17. The fourth-order valence-electron chi connectivity index (χ4n) is 1.95. The van der Waals surface area contributed by atoms with E-state index in [1.165, 1.54) is 18.5 Å². The van der Waals surface area contributed by atoms with Gasteiger partial charge in [-0.1, -0.05) is 11.6 Å². The van der Waals surface area contributed by atoms with Crippen molar-refractivity contribution in [2.45, 2.75) is 6.18 Å². The van der Waals surface area contributed by atoms with Crippen molar-refractivity contribution < 1.29 is 22.7 Å². The highest BCUT2D eigenvalue weighted by molar-refractivity contribution is 6.34. The lowest BCUT2D eigenvalue weighted by atomic mass is 10.2. The Labute approximate surface area is 147 Å². The lowest BCUT2D eigenvalue weighted by Crippen LogP contribution is -2.15. The molecule has 0 saturated carbocycles. The zero-order valence-corrected chi connectivity index (χ0v) is 13.9. The number of hydrogen-bond acceptors (Lipinski definition) is 4. The first-order chi connectivity index (χ1) is 11.8. The van der Waals surface area contributed by atoms with Crippen LogP contribution in [0, 0.1) is 0 Å². The number of pyridine rings is 1. The Kier molecular flexibility index (Phi) is 6.22. The average Bonchev–Trinajstić information content (AvgIpc) is 2.56. The second-order valence-electron chi connectivity index (χ2n) is 5.03. The van der Waals surface area contributed by atoms with Crippen LogP contribution in [0.3, 0.4) is 0 Å². The van der Waals surface area contributed by atoms with Gasteiger partial charge in [-0.3, -0.25) is 9.78 Å². The molecule has 0 bridgehead atoms. The van der Waals surface area contributed by atoms with E-state index in [0.717, 1.165) is 18.2 Å². The van der Waals surface area contributed by atoms with Gasteiger partial charge in [-0.2, -0.15) is 13.2 Å². The van der Waals surface area contributed by atoms with Crippen LogP contribution >= 0.6 is 11.6 Å². The number of methoxy groups -OCH3 is 1. The van der Waals surface area contributed by atoms with Gasteiger partial charge in [0.25, 0.3) is 5.91 Å². The molecule has 0 aliphatic rings. The second-order valence-corrected chi connectivity index (χ2v) is 5.44. The van der Waals surface area contributed by atoms with Crippen LogP contribution in [-0.2, 0) is 10.9 Å². The summed E-state index contributed by atoms with van der Waals surface area (Å²) in [6, 6.07) is 4.24. The normalized spacial score (nSPS) is 11.2. The molecular weight excluding hydrogens is 359 g/mol. The summed E-state index contributed by atoms with van der Waals surface area (Å²) in [4.78, 5) is 16.2. The number of halogens is 4. The highest BCUT2D eigenvalue weighted by Crippen LogP contribution is 2.34. The largest absolute Gasteiger partial charge is 0.416 e. The lowest BCUT2D eigenvalue weighted by molar-refractivity contribution is -0.137. The molecule has 1 amide bonds. The predicted octanol–water partition coefficient (Wildman–Crippen LogP) is 4.06. The fraction of sp³-hybridized carbons (Fsp3) is 0.250. The molecule has 1 heterocycles. The summed E-state index contributed by atoms with van der Waals surface area (Å²) in [5.74, 6) is -0.621. The summed E-state index contributed by atoms with van der Waals surface area (Å²) >= 11 is 5.87. The molecule has 2 rings (SSSR count). The summed E-state index contributed by atoms with van der Waals surface area (Å²) < 4.78 is 43.2. The molecule has 5 nitrogen and oxygen atoms in total. The maximum Gasteiger partial charge on any atom is 0.416 e. The minimum Gasteiger partial charge on any atom is -0.383 e. The molecule has 2 aromatic rings. The number of nitrogens with zero attached hydrogens (tertiary/aromatic N) is 1. The molecular formula is C16H15ClF3N3O2. The van der Waals surface area contributed by atoms with E-state index in [1.54, 1.807) is 7.11 Å². The molecule has 0 atom stereocenters. The number of ether oxygens (including phenoxy) is 1. The number of aromatic nitrogens is 1. The van der Waals surface area contributed by atoms with Gasteiger partial charge in [-0.15, -0.1) is 0 Å². The van der Waals surface area contributed by atoms with Crippen LogP contribution in [0.15, 0.2) is 36.7 Å². The molecule has 1 aromatic carbocycles. The molecule has 0 unspecified atom stereocenters. The molecule has 0 radical (unpaired) electrons. The maximum atomic E-state index is 12.8. The van der Waals surface area contributed by atoms with Crippen molar-refractivity contribution in [3.63, 3.8) is 0 Å². The van der Waals surface area contributed by atoms with Gasteiger partial charge in [0.15, 0.2) is 0 Å². The Morgan fingerprint density at radius 3 is 2.72 bits per heavy atom. The average molecular weight is 374 g/mol. The van der Waals surface area contributed by atoms with Crippen LogP contribution in [-0.4, -0.2) is 31.2 Å². The van der Waals surface area contributed by atoms with E-state index in [0.29, 0.717) is 18.8 Å². The molecule has 2 N–H and O–H groups in total. The van der Waals surface area contributed by atoms with Crippen molar-refractivity contribution in [1.29, 1.82) is 0 Å². The summed E-state index contributed by atoms with van der Waals surface area (Å²) in [6.07, 6.45) is -1.71. The minimum absolute atomic E-state index is 0.00341. The number of carbonyl (C=O) groups excluding carboxylic acids is 1. The smallest absolute Gasteiger partial charge is 0.383 e. The van der Waals surface area contributed by atoms with Crippen LogP contribution < -0.4 is 10.6 Å². The highest BCUT2D eigenvalue weighted by atomic mass is 35.5. The van der Waals surface area contributed by atoms with Gasteiger partial charge in [0.2, 0.25) is 0 Å². The van der Waals surface area contributed by atoms with Crippen molar-refractivity contribution in [1.82, 2.24) is 4.98 Å². The van der Waals surface area contributed by atoms with Crippen molar-refractivity contribution in [2.24, 2.45) is 0 Å². The summed E-state index contributed by atoms with van der Waals surface area (Å²) in [6.45, 7) is 0.985. The zero-order valence-electron chi connectivity index (χ0n) is 13.2. The summed E-state index contributed by atoms with van der Waals surface area (Å²) in [5.41, 5.74) is -0.268. The molecule has 134 valence electrons. The quantitative estimate of drug-likeness (QED) is 0.749. The molecule has 25 heavy (non-hydrogen) atoms. The summed E-state index contributed by atoms with van der Waals surface area (Å²) in [7, 11) is 1.56. The third-order valence-corrected chi connectivity index (χ3v) is 3.51. The van der Waals surface area contributed by atoms with E-state index in [2.05, 4.69) is 15.6 Å². The predicted molar refractivity (Wildman–Crippen MR) is 89.0 cm³/mol. The number of carbonyl (C=O) groups is 1. The number of nitrogens with one attached hydrogen (secondary N) is 2. The van der Waals surface area contributed by atoms with Crippen molar-refractivity contribution in [3.8, 4) is 0 Å². The van der Waals surface area contributed by atoms with Crippen LogP contribution in [0.1, 0.15) is 15.9 Å². The summed E-state index contributed by atoms with van der Waals surface area (Å²) in [5, 5.41) is 5.38. The third-order valence-electron chi connectivity index (χ3n) is 3.18. The molecule has 1 aromatic heterocycles. The first kappa shape index (κ1) is 19.0. The van der Waals surface area contributed by atoms with Gasteiger partial charge in [-0.25, -0.2) is 0 Å². The Morgan fingerprint density at radius 2 is 2.04 bits per heavy atom. The first-order valence-corrected chi connectivity index (χ1v) is 7.55. The SMILES string of the molecule is COCCNc1cncc(C(=O)Nc2cc(C(F)(F)F)ccc2Cl)c1. The van der Waals surface area contributed by atoms with Gasteiger partial charge in [0.1, 0.15) is 0 Å². The minimum atomic E-state index is -4.53. The van der Waals surface area contributed by atoms with Crippen LogP contribution in [0.25, 0.3) is 0 Å². The van der Waals surface area contributed by atoms with Gasteiger partial charge >= 0.3 is 6.18 Å². The molecule has 0 aliphatic carbocycles. The van der Waals surface area contributed by atoms with Gasteiger partial charge in [0, 0.05) is 26.0 Å². The molecule has 9 heteroatoms. The van der Waals surface area contributed by atoms with Crippen molar-refractivity contribution in [3.05, 3.63) is 52.8 Å². The van der Waals surface area contributed by atoms with Crippen LogP contribution in [0.2, 0.25) is 5.02 Å². The monoisotopic (exact) mass is 373 g/mol. The molecule has 0 saturated heterocycles. The Balaban J connectivity index is 2.16. The van der Waals surface area contributed by atoms with Crippen molar-refractivity contribution in [2.75, 3.05) is 30.9 Å². The number of anilines is 2. The highest BCUT2D eigenvalue weighted by Gasteiger charge is 2.31. The van der Waals surface area contributed by atoms with E-state index in [4.69, 9.17) is 16.3 Å². The zero-order chi connectivity index (χ0) is 18.4. The van der Waals surface area contributed by atoms with Crippen molar-refractivity contribution >= 4 is 28.9 Å². The van der Waals surface area contributed by atoms with Gasteiger partial charge in [0.05, 0.1) is 34.1 Å². The van der Waals surface area contributed by atoms with Gasteiger partial charge in [-0.05, 0) is 24.3 Å². The Morgan fingerprint density at radius 1 is 1.28 bits per heavy atom. The number of benzene rings is 1. The fourth-order valence-corrected chi connectivity index (χ4v) is 2.11. The number of rotatable bonds is 6.